The van der Waals surface area contributed by atoms with Crippen molar-refractivity contribution >= 4 is 15.9 Å². The van der Waals surface area contributed by atoms with Crippen LogP contribution in [0.25, 0.3) is 0 Å². The molecule has 1 aromatic rings. The highest BCUT2D eigenvalue weighted by molar-refractivity contribution is 7.89. The number of nitrogens with one attached hydrogen (secondary N) is 1. The third kappa shape index (κ3) is 6.20. The second-order valence-electron chi connectivity index (χ2n) is 8.49. The molecule has 0 aromatic heterocycles. The number of alkyl halides is 3. The van der Waals surface area contributed by atoms with Crippen LogP contribution in [0.1, 0.15) is 48.5 Å². The van der Waals surface area contributed by atoms with Gasteiger partial charge in [-0.3, -0.25) is 4.79 Å². The first kappa shape index (κ1) is 24.9. The summed E-state index contributed by atoms with van der Waals surface area (Å²) in [6.45, 7) is 4.72. The lowest BCUT2D eigenvalue weighted by Gasteiger charge is -2.35. The van der Waals surface area contributed by atoms with Gasteiger partial charge in [0, 0.05) is 31.2 Å². The second kappa shape index (κ2) is 10.0. The summed E-state index contributed by atoms with van der Waals surface area (Å²) in [5.41, 5.74) is -1.55. The first-order chi connectivity index (χ1) is 15.0. The molecule has 32 heavy (non-hydrogen) atoms. The molecule has 0 saturated carbocycles. The van der Waals surface area contributed by atoms with E-state index in [-0.39, 0.29) is 23.3 Å². The van der Waals surface area contributed by atoms with Crippen LogP contribution in [-0.2, 0) is 16.2 Å². The summed E-state index contributed by atoms with van der Waals surface area (Å²) < 4.78 is 78.2. The molecule has 11 heteroatoms. The van der Waals surface area contributed by atoms with Crippen LogP contribution in [0.5, 0.6) is 0 Å². The van der Waals surface area contributed by atoms with E-state index in [0.717, 1.165) is 44.8 Å². The van der Waals surface area contributed by atoms with E-state index in [1.54, 1.807) is 11.2 Å². The lowest BCUT2D eigenvalue weighted by Crippen LogP contribution is -2.46. The largest absolute Gasteiger partial charge is 0.416 e. The topological polar surface area (TPSA) is 69.7 Å². The van der Waals surface area contributed by atoms with Crippen LogP contribution in [0.4, 0.5) is 17.6 Å². The number of halogens is 4. The maximum atomic E-state index is 13.5. The minimum absolute atomic E-state index is 0.00740. The van der Waals surface area contributed by atoms with Crippen molar-refractivity contribution in [1.29, 1.82) is 0 Å². The van der Waals surface area contributed by atoms with Gasteiger partial charge in [0.15, 0.2) is 0 Å². The molecular formula is C21H29F4N3O3S. The van der Waals surface area contributed by atoms with E-state index in [9.17, 15) is 30.8 Å². The minimum Gasteiger partial charge on any atom is -0.352 e. The zero-order valence-corrected chi connectivity index (χ0v) is 18.8. The Bertz CT molecular complexity index is 915. The molecule has 3 rings (SSSR count). The third-order valence-corrected chi connectivity index (χ3v) is 8.18. The molecule has 1 aromatic carbocycles. The van der Waals surface area contributed by atoms with Crippen molar-refractivity contribution in [3.8, 4) is 0 Å². The van der Waals surface area contributed by atoms with Gasteiger partial charge >= 0.3 is 6.18 Å². The van der Waals surface area contributed by atoms with Crippen LogP contribution < -0.4 is 5.32 Å². The number of sulfonamides is 1. The zero-order valence-electron chi connectivity index (χ0n) is 18.0. The second-order valence-corrected chi connectivity index (χ2v) is 10.7. The van der Waals surface area contributed by atoms with Gasteiger partial charge in [-0.15, -0.1) is 0 Å². The predicted octanol–water partition coefficient (Wildman–Crippen LogP) is 3.10. The molecule has 2 heterocycles. The van der Waals surface area contributed by atoms with Gasteiger partial charge in [-0.05, 0) is 69.8 Å². The molecule has 2 aliphatic rings. The summed E-state index contributed by atoms with van der Waals surface area (Å²) in [5, 5.41) is 2.62. The number of benzene rings is 1. The molecule has 1 atom stereocenters. The lowest BCUT2D eigenvalue weighted by atomic mass is 9.96. The Labute approximate surface area is 186 Å². The quantitative estimate of drug-likeness (QED) is 0.611. The normalized spacial score (nSPS) is 21.7. The molecule has 0 spiro atoms. The Morgan fingerprint density at radius 2 is 1.81 bits per heavy atom. The van der Waals surface area contributed by atoms with E-state index in [0.29, 0.717) is 31.8 Å². The van der Waals surface area contributed by atoms with Crippen LogP contribution in [0.3, 0.4) is 0 Å². The van der Waals surface area contributed by atoms with E-state index in [1.807, 2.05) is 0 Å². The van der Waals surface area contributed by atoms with Gasteiger partial charge < -0.3 is 10.2 Å². The summed E-state index contributed by atoms with van der Waals surface area (Å²) in [4.78, 5) is 14.5. The summed E-state index contributed by atoms with van der Waals surface area (Å²) in [7, 11) is -3.21. The highest BCUT2D eigenvalue weighted by Gasteiger charge is 2.35. The smallest absolute Gasteiger partial charge is 0.352 e. The van der Waals surface area contributed by atoms with Crippen molar-refractivity contribution in [2.24, 2.45) is 5.92 Å². The Balaban J connectivity index is 1.48. The third-order valence-electron chi connectivity index (χ3n) is 6.26. The van der Waals surface area contributed by atoms with E-state index in [4.69, 9.17) is 0 Å². The van der Waals surface area contributed by atoms with E-state index in [2.05, 4.69) is 10.2 Å². The van der Waals surface area contributed by atoms with Gasteiger partial charge in [0.25, 0.3) is 5.91 Å². The van der Waals surface area contributed by atoms with Crippen molar-refractivity contribution < 1.29 is 30.8 Å². The van der Waals surface area contributed by atoms with Gasteiger partial charge in [0.2, 0.25) is 10.0 Å². The van der Waals surface area contributed by atoms with Crippen LogP contribution >= 0.6 is 0 Å². The van der Waals surface area contributed by atoms with Gasteiger partial charge in [0.05, 0.1) is 11.3 Å². The van der Waals surface area contributed by atoms with E-state index < -0.39 is 33.5 Å². The average Bonchev–Trinajstić information content (AvgIpc) is 3.21. The number of carbonyl (C=O) groups excluding carboxylic acids is 1. The molecule has 2 saturated heterocycles. The van der Waals surface area contributed by atoms with Crippen LogP contribution in [0, 0.1) is 11.7 Å². The predicted molar refractivity (Wildman–Crippen MR) is 112 cm³/mol. The Kier molecular flexibility index (Phi) is 7.82. The van der Waals surface area contributed by atoms with E-state index in [1.165, 1.54) is 0 Å². The Morgan fingerprint density at radius 3 is 2.44 bits per heavy atom. The monoisotopic (exact) mass is 479 g/mol. The molecule has 0 aliphatic carbocycles. The number of carbonyl (C=O) groups is 1. The molecule has 0 bridgehead atoms. The SMILES string of the molecule is CCS(=O)(=O)N1CCC[C@H]1CN1CCC(CNC(=O)c2cc(F)cc(C(F)(F)F)c2)CC1. The van der Waals surface area contributed by atoms with Crippen molar-refractivity contribution in [2.75, 3.05) is 38.5 Å². The Morgan fingerprint density at radius 1 is 1.12 bits per heavy atom. The highest BCUT2D eigenvalue weighted by Crippen LogP contribution is 2.30. The van der Waals surface area contributed by atoms with Crippen molar-refractivity contribution in [3.63, 3.8) is 0 Å². The van der Waals surface area contributed by atoms with E-state index >= 15 is 0 Å². The fourth-order valence-corrected chi connectivity index (χ4v) is 5.78. The fourth-order valence-electron chi connectivity index (χ4n) is 4.42. The van der Waals surface area contributed by atoms with Gasteiger partial charge in [-0.1, -0.05) is 0 Å². The first-order valence-electron chi connectivity index (χ1n) is 10.9. The molecule has 0 unspecified atom stereocenters. The maximum Gasteiger partial charge on any atom is 0.416 e. The molecule has 0 radical (unpaired) electrons. The number of amides is 1. The van der Waals surface area contributed by atoms with Gasteiger partial charge in [-0.2, -0.15) is 17.5 Å². The highest BCUT2D eigenvalue weighted by atomic mass is 32.2. The van der Waals surface area contributed by atoms with Crippen molar-refractivity contribution in [3.05, 3.63) is 35.1 Å². The fraction of sp³-hybridized carbons (Fsp3) is 0.667. The summed E-state index contributed by atoms with van der Waals surface area (Å²) >= 11 is 0. The summed E-state index contributed by atoms with van der Waals surface area (Å²) in [6.07, 6.45) is -1.45. The number of nitrogens with zero attached hydrogens (tertiary/aromatic N) is 2. The lowest BCUT2D eigenvalue weighted by molar-refractivity contribution is -0.137. The first-order valence-corrected chi connectivity index (χ1v) is 12.5. The number of rotatable bonds is 7. The standard InChI is InChI=1S/C21H29F4N3O3S/c1-2-32(30,31)28-7-3-4-19(28)14-27-8-5-15(6-9-27)13-26-20(29)16-10-17(21(23,24)25)12-18(22)11-16/h10-12,15,19H,2-9,13-14H2,1H3,(H,26,29)/t19-/m0/s1. The minimum atomic E-state index is -4.73. The Hall–Kier alpha value is -1.72. The maximum absolute atomic E-state index is 13.5. The number of hydrogen-bond donors (Lipinski definition) is 1. The average molecular weight is 480 g/mol. The van der Waals surface area contributed by atoms with Crippen molar-refractivity contribution in [2.45, 2.75) is 44.8 Å². The zero-order chi connectivity index (χ0) is 23.5. The van der Waals surface area contributed by atoms with Crippen LogP contribution in [-0.4, -0.2) is 68.0 Å². The number of piperidine rings is 1. The molecule has 2 aliphatic heterocycles. The molecular weight excluding hydrogens is 450 g/mol. The summed E-state index contributed by atoms with van der Waals surface area (Å²) in [5.74, 6) is -1.58. The molecule has 2 fully saturated rings. The van der Waals surface area contributed by atoms with Gasteiger partial charge in [0.1, 0.15) is 5.82 Å². The number of hydrogen-bond acceptors (Lipinski definition) is 4. The molecule has 1 N–H and O–H groups in total. The molecule has 6 nitrogen and oxygen atoms in total. The molecule has 180 valence electrons. The van der Waals surface area contributed by atoms with Gasteiger partial charge in [-0.25, -0.2) is 12.8 Å². The summed E-state index contributed by atoms with van der Waals surface area (Å²) in [6, 6.07) is 1.81. The van der Waals surface area contributed by atoms with Crippen molar-refractivity contribution in [1.82, 2.24) is 14.5 Å². The van der Waals surface area contributed by atoms with Crippen LogP contribution in [0.2, 0.25) is 0 Å². The number of likely N-dealkylation sites (tertiary alicyclic amines) is 1. The van der Waals surface area contributed by atoms with Crippen LogP contribution in [0.15, 0.2) is 18.2 Å². The molecule has 1 amide bonds.